The van der Waals surface area contributed by atoms with Crippen molar-refractivity contribution in [2.75, 3.05) is 23.1 Å². The summed E-state index contributed by atoms with van der Waals surface area (Å²) in [5.41, 5.74) is 0.247. The average molecular weight is 496 g/mol. The van der Waals surface area contributed by atoms with Crippen LogP contribution in [-0.4, -0.2) is 38.2 Å². The van der Waals surface area contributed by atoms with Gasteiger partial charge in [-0.05, 0) is 42.5 Å². The van der Waals surface area contributed by atoms with E-state index in [0.29, 0.717) is 17.3 Å². The summed E-state index contributed by atoms with van der Waals surface area (Å²) >= 11 is 13.6. The number of nitrogens with one attached hydrogen (secondary N) is 1. The minimum Gasteiger partial charge on any atom is -0.354 e. The zero-order chi connectivity index (χ0) is 22.3. The lowest BCUT2D eigenvalue weighted by molar-refractivity contribution is -0.119. The number of aromatic nitrogens is 1. The van der Waals surface area contributed by atoms with Crippen LogP contribution in [0.1, 0.15) is 0 Å². The van der Waals surface area contributed by atoms with Gasteiger partial charge in [-0.3, -0.25) is 9.10 Å². The lowest BCUT2D eigenvalue weighted by Gasteiger charge is -2.24. The molecule has 2 aromatic carbocycles. The number of hydrogen-bond acceptors (Lipinski definition) is 5. The molecule has 0 saturated carbocycles. The average Bonchev–Trinajstić information content (AvgIpc) is 2.78. The van der Waals surface area contributed by atoms with E-state index < -0.39 is 22.5 Å². The van der Waals surface area contributed by atoms with Crippen molar-refractivity contribution in [2.24, 2.45) is 0 Å². The largest absolute Gasteiger partial charge is 0.354 e. The van der Waals surface area contributed by atoms with Crippen molar-refractivity contribution in [3.63, 3.8) is 0 Å². The molecular formula is C21H19Cl2N3O3S2. The van der Waals surface area contributed by atoms with Gasteiger partial charge in [0, 0.05) is 18.5 Å². The van der Waals surface area contributed by atoms with Crippen LogP contribution in [0.15, 0.2) is 82.8 Å². The molecule has 0 radical (unpaired) electrons. The number of thioether (sulfide) groups is 1. The second-order valence-corrected chi connectivity index (χ2v) is 10.1. The van der Waals surface area contributed by atoms with Crippen molar-refractivity contribution in [1.82, 2.24) is 10.3 Å². The molecule has 1 amide bonds. The van der Waals surface area contributed by atoms with Gasteiger partial charge in [0.1, 0.15) is 6.54 Å². The van der Waals surface area contributed by atoms with Crippen LogP contribution in [0, 0.1) is 0 Å². The molecule has 3 rings (SSSR count). The van der Waals surface area contributed by atoms with Gasteiger partial charge in [-0.15, -0.1) is 11.8 Å². The molecule has 1 aromatic heterocycles. The van der Waals surface area contributed by atoms with E-state index in [4.69, 9.17) is 23.2 Å². The van der Waals surface area contributed by atoms with Crippen LogP contribution < -0.4 is 9.62 Å². The number of rotatable bonds is 9. The molecule has 3 aromatic rings. The molecule has 31 heavy (non-hydrogen) atoms. The van der Waals surface area contributed by atoms with Gasteiger partial charge in [-0.1, -0.05) is 47.5 Å². The molecule has 0 aliphatic rings. The Labute approximate surface area is 195 Å². The number of carbonyl (C=O) groups is 1. The van der Waals surface area contributed by atoms with Crippen LogP contribution in [-0.2, 0) is 14.8 Å². The summed E-state index contributed by atoms with van der Waals surface area (Å²) in [5.74, 6) is 0.160. The van der Waals surface area contributed by atoms with Gasteiger partial charge in [0.15, 0.2) is 0 Å². The summed E-state index contributed by atoms with van der Waals surface area (Å²) in [4.78, 5) is 16.8. The van der Waals surface area contributed by atoms with Crippen molar-refractivity contribution in [3.8, 4) is 0 Å². The van der Waals surface area contributed by atoms with Gasteiger partial charge in [-0.25, -0.2) is 13.4 Å². The minimum absolute atomic E-state index is 0.0691. The number of benzene rings is 2. The highest BCUT2D eigenvalue weighted by Gasteiger charge is 2.27. The lowest BCUT2D eigenvalue weighted by Crippen LogP contribution is -2.41. The monoisotopic (exact) mass is 495 g/mol. The third-order valence-electron chi connectivity index (χ3n) is 4.12. The standard InChI is InChI=1S/C21H19Cl2N3O3S2/c22-18-10-9-16(14-19(18)23)26(31(28,29)17-6-2-1-3-7-17)15-20(27)24-12-13-30-21-8-4-5-11-25-21/h1-11,14H,12-13,15H2,(H,24,27). The van der Waals surface area contributed by atoms with Crippen molar-refractivity contribution >= 4 is 56.6 Å². The number of anilines is 1. The molecule has 0 fully saturated rings. The van der Waals surface area contributed by atoms with E-state index in [1.165, 1.54) is 42.1 Å². The summed E-state index contributed by atoms with van der Waals surface area (Å²) in [6.45, 7) is -0.0376. The summed E-state index contributed by atoms with van der Waals surface area (Å²) in [6, 6.07) is 17.9. The molecule has 10 heteroatoms. The number of hydrogen-bond donors (Lipinski definition) is 1. The van der Waals surface area contributed by atoms with Crippen LogP contribution in [0.4, 0.5) is 5.69 Å². The van der Waals surface area contributed by atoms with Gasteiger partial charge in [0.25, 0.3) is 10.0 Å². The first kappa shape index (κ1) is 23.4. The Kier molecular flexibility index (Phi) is 8.20. The zero-order valence-electron chi connectivity index (χ0n) is 16.2. The Bertz CT molecular complexity index is 1130. The van der Waals surface area contributed by atoms with Gasteiger partial charge >= 0.3 is 0 Å². The van der Waals surface area contributed by atoms with Crippen LogP contribution in [0.2, 0.25) is 10.0 Å². The second kappa shape index (κ2) is 10.9. The predicted molar refractivity (Wildman–Crippen MR) is 125 cm³/mol. The quantitative estimate of drug-likeness (QED) is 0.349. The number of amides is 1. The Morgan fingerprint density at radius 3 is 2.42 bits per heavy atom. The van der Waals surface area contributed by atoms with E-state index in [9.17, 15) is 13.2 Å². The first-order valence-electron chi connectivity index (χ1n) is 9.21. The maximum atomic E-state index is 13.2. The van der Waals surface area contributed by atoms with Crippen LogP contribution in [0.5, 0.6) is 0 Å². The number of carbonyl (C=O) groups excluding carboxylic acids is 1. The van der Waals surface area contributed by atoms with Crippen molar-refractivity contribution in [2.45, 2.75) is 9.92 Å². The predicted octanol–water partition coefficient (Wildman–Crippen LogP) is 4.49. The number of halogens is 2. The van der Waals surface area contributed by atoms with Crippen molar-refractivity contribution in [1.29, 1.82) is 0 Å². The molecule has 0 unspecified atom stereocenters. The fourth-order valence-corrected chi connectivity index (χ4v) is 5.09. The van der Waals surface area contributed by atoms with Crippen LogP contribution in [0.25, 0.3) is 0 Å². The fourth-order valence-electron chi connectivity index (χ4n) is 2.64. The number of sulfonamides is 1. The third kappa shape index (κ3) is 6.36. The summed E-state index contributed by atoms with van der Waals surface area (Å²) < 4.78 is 27.5. The molecular weight excluding hydrogens is 477 g/mol. The molecule has 0 aliphatic heterocycles. The molecule has 1 N–H and O–H groups in total. The molecule has 1 heterocycles. The fraction of sp³-hybridized carbons (Fsp3) is 0.143. The zero-order valence-corrected chi connectivity index (χ0v) is 19.4. The van der Waals surface area contributed by atoms with E-state index in [0.717, 1.165) is 9.33 Å². The third-order valence-corrected chi connectivity index (χ3v) is 7.59. The van der Waals surface area contributed by atoms with E-state index in [1.54, 1.807) is 24.4 Å². The smallest absolute Gasteiger partial charge is 0.264 e. The van der Waals surface area contributed by atoms with Crippen LogP contribution in [0.3, 0.4) is 0 Å². The van der Waals surface area contributed by atoms with Gasteiger partial charge in [0.2, 0.25) is 5.91 Å². The maximum absolute atomic E-state index is 13.2. The van der Waals surface area contributed by atoms with Crippen molar-refractivity contribution in [3.05, 3.63) is 83.0 Å². The Morgan fingerprint density at radius 1 is 1.00 bits per heavy atom. The van der Waals surface area contributed by atoms with Gasteiger partial charge < -0.3 is 5.32 Å². The Hall–Kier alpha value is -2.26. The summed E-state index contributed by atoms with van der Waals surface area (Å²) in [6.07, 6.45) is 1.70. The first-order valence-corrected chi connectivity index (χ1v) is 12.4. The maximum Gasteiger partial charge on any atom is 0.264 e. The molecule has 0 atom stereocenters. The van der Waals surface area contributed by atoms with E-state index in [2.05, 4.69) is 10.3 Å². The first-order chi connectivity index (χ1) is 14.9. The molecule has 0 aliphatic carbocycles. The highest BCUT2D eigenvalue weighted by atomic mass is 35.5. The second-order valence-electron chi connectivity index (χ2n) is 6.29. The number of nitrogens with zero attached hydrogens (tertiary/aromatic N) is 2. The number of pyridine rings is 1. The Balaban J connectivity index is 1.73. The highest BCUT2D eigenvalue weighted by Crippen LogP contribution is 2.30. The molecule has 0 saturated heterocycles. The van der Waals surface area contributed by atoms with Gasteiger partial charge in [-0.2, -0.15) is 0 Å². The van der Waals surface area contributed by atoms with Crippen molar-refractivity contribution < 1.29 is 13.2 Å². The molecule has 162 valence electrons. The van der Waals surface area contributed by atoms with E-state index >= 15 is 0 Å². The SMILES string of the molecule is O=C(CN(c1ccc(Cl)c(Cl)c1)S(=O)(=O)c1ccccc1)NCCSc1ccccn1. The Morgan fingerprint density at radius 2 is 1.74 bits per heavy atom. The normalized spacial score (nSPS) is 11.2. The summed E-state index contributed by atoms with van der Waals surface area (Å²) in [5, 5.41) is 4.08. The van der Waals surface area contributed by atoms with E-state index in [1.807, 2.05) is 18.2 Å². The minimum atomic E-state index is -4.00. The topological polar surface area (TPSA) is 79.4 Å². The summed E-state index contributed by atoms with van der Waals surface area (Å²) in [7, 11) is -4.00. The molecule has 6 nitrogen and oxygen atoms in total. The lowest BCUT2D eigenvalue weighted by atomic mass is 10.3. The van der Waals surface area contributed by atoms with E-state index in [-0.39, 0.29) is 15.6 Å². The highest BCUT2D eigenvalue weighted by molar-refractivity contribution is 7.99. The van der Waals surface area contributed by atoms with Crippen LogP contribution >= 0.6 is 35.0 Å². The molecule has 0 bridgehead atoms. The van der Waals surface area contributed by atoms with Gasteiger partial charge in [0.05, 0.1) is 25.7 Å². The molecule has 0 spiro atoms.